The van der Waals surface area contributed by atoms with Gasteiger partial charge in [-0.05, 0) is 36.8 Å². The standard InChI is InChI=1S/C20H20N2/c1-4-8-17(5-2)22-19-10-7-6-9-18(19)21-20(22)16-13-11-15(3)12-14-16/h4-14,20-21H,1-2H2,3H3/b17-8+. The Labute approximate surface area is 132 Å². The maximum absolute atomic E-state index is 3.95. The summed E-state index contributed by atoms with van der Waals surface area (Å²) in [5, 5.41) is 3.60. The Morgan fingerprint density at radius 1 is 1.09 bits per heavy atom. The molecule has 2 nitrogen and oxygen atoms in total. The molecule has 1 unspecified atom stereocenters. The smallest absolute Gasteiger partial charge is 0.130 e. The molecule has 2 heteroatoms. The summed E-state index contributed by atoms with van der Waals surface area (Å²) in [5.41, 5.74) is 5.79. The van der Waals surface area contributed by atoms with Gasteiger partial charge in [0.1, 0.15) is 6.17 Å². The van der Waals surface area contributed by atoms with Gasteiger partial charge in [-0.25, -0.2) is 0 Å². The molecule has 3 rings (SSSR count). The van der Waals surface area contributed by atoms with Gasteiger partial charge in [0, 0.05) is 5.70 Å². The van der Waals surface area contributed by atoms with E-state index in [4.69, 9.17) is 0 Å². The highest BCUT2D eigenvalue weighted by atomic mass is 15.3. The highest BCUT2D eigenvalue weighted by Gasteiger charge is 2.30. The van der Waals surface area contributed by atoms with Crippen molar-refractivity contribution in [3.05, 3.63) is 96.7 Å². The first-order valence-corrected chi connectivity index (χ1v) is 7.41. The lowest BCUT2D eigenvalue weighted by molar-refractivity contribution is 0.802. The van der Waals surface area contributed by atoms with Crippen LogP contribution in [0.15, 0.2) is 85.6 Å². The Morgan fingerprint density at radius 3 is 2.50 bits per heavy atom. The zero-order chi connectivity index (χ0) is 15.5. The molecule has 0 fully saturated rings. The van der Waals surface area contributed by atoms with Crippen molar-refractivity contribution in [3.8, 4) is 0 Å². The number of allylic oxidation sites excluding steroid dienone is 3. The predicted molar refractivity (Wildman–Crippen MR) is 94.9 cm³/mol. The molecule has 0 amide bonds. The van der Waals surface area contributed by atoms with Crippen LogP contribution in [0, 0.1) is 6.92 Å². The molecule has 1 aliphatic heterocycles. The van der Waals surface area contributed by atoms with Gasteiger partial charge in [-0.3, -0.25) is 0 Å². The van der Waals surface area contributed by atoms with Gasteiger partial charge in [0.25, 0.3) is 0 Å². The first-order chi connectivity index (χ1) is 10.7. The second kappa shape index (κ2) is 5.94. The highest BCUT2D eigenvalue weighted by molar-refractivity contribution is 5.79. The van der Waals surface area contributed by atoms with Gasteiger partial charge in [-0.15, -0.1) is 0 Å². The summed E-state index contributed by atoms with van der Waals surface area (Å²) < 4.78 is 0. The van der Waals surface area contributed by atoms with Gasteiger partial charge < -0.3 is 10.2 Å². The van der Waals surface area contributed by atoms with Crippen molar-refractivity contribution in [2.45, 2.75) is 13.1 Å². The fraction of sp³-hybridized carbons (Fsp3) is 0.100. The number of aryl methyl sites for hydroxylation is 1. The van der Waals surface area contributed by atoms with Crippen LogP contribution in [-0.2, 0) is 0 Å². The molecule has 2 aromatic rings. The Kier molecular flexibility index (Phi) is 3.84. The third-order valence-corrected chi connectivity index (χ3v) is 3.88. The minimum absolute atomic E-state index is 0.0576. The number of nitrogens with one attached hydrogen (secondary N) is 1. The molecule has 1 atom stereocenters. The highest BCUT2D eigenvalue weighted by Crippen LogP contribution is 2.43. The maximum atomic E-state index is 3.95. The number of para-hydroxylation sites is 2. The molecule has 0 spiro atoms. The number of rotatable bonds is 4. The SMILES string of the molecule is C=C/C=C(\C=C)N1c2ccccc2NC1c1ccc(C)cc1. The number of nitrogens with zero attached hydrogens (tertiary/aromatic N) is 1. The lowest BCUT2D eigenvalue weighted by atomic mass is 10.1. The summed E-state index contributed by atoms with van der Waals surface area (Å²) in [6.07, 6.45) is 5.71. The van der Waals surface area contributed by atoms with Crippen LogP contribution in [0.25, 0.3) is 0 Å². The predicted octanol–water partition coefficient (Wildman–Crippen LogP) is 5.18. The summed E-state index contributed by atoms with van der Waals surface area (Å²) in [4.78, 5) is 2.26. The molecule has 2 aromatic carbocycles. The summed E-state index contributed by atoms with van der Waals surface area (Å²) in [6, 6.07) is 16.9. The number of hydrogen-bond donors (Lipinski definition) is 1. The number of anilines is 2. The van der Waals surface area contributed by atoms with Gasteiger partial charge >= 0.3 is 0 Å². The van der Waals surface area contributed by atoms with E-state index in [0.717, 1.165) is 17.1 Å². The van der Waals surface area contributed by atoms with Gasteiger partial charge in [0.2, 0.25) is 0 Å². The molecule has 0 aliphatic carbocycles. The van der Waals surface area contributed by atoms with E-state index in [1.54, 1.807) is 6.08 Å². The lowest BCUT2D eigenvalue weighted by Gasteiger charge is -2.28. The maximum Gasteiger partial charge on any atom is 0.130 e. The molecule has 0 radical (unpaired) electrons. The van der Waals surface area contributed by atoms with Crippen LogP contribution >= 0.6 is 0 Å². The molecule has 1 aliphatic rings. The van der Waals surface area contributed by atoms with Crippen LogP contribution in [-0.4, -0.2) is 0 Å². The van der Waals surface area contributed by atoms with Crippen LogP contribution < -0.4 is 10.2 Å². The van der Waals surface area contributed by atoms with Gasteiger partial charge in [-0.2, -0.15) is 0 Å². The minimum Gasteiger partial charge on any atom is -0.359 e. The molecular weight excluding hydrogens is 268 g/mol. The third-order valence-electron chi connectivity index (χ3n) is 3.88. The van der Waals surface area contributed by atoms with Crippen molar-refractivity contribution in [1.29, 1.82) is 0 Å². The van der Waals surface area contributed by atoms with Crippen molar-refractivity contribution in [3.63, 3.8) is 0 Å². The number of hydrogen-bond acceptors (Lipinski definition) is 2. The second-order valence-corrected chi connectivity index (χ2v) is 5.38. The summed E-state index contributed by atoms with van der Waals surface area (Å²) in [7, 11) is 0. The fourth-order valence-corrected chi connectivity index (χ4v) is 2.79. The summed E-state index contributed by atoms with van der Waals surface area (Å²) >= 11 is 0. The van der Waals surface area contributed by atoms with E-state index in [0.29, 0.717) is 0 Å². The van der Waals surface area contributed by atoms with E-state index in [9.17, 15) is 0 Å². The zero-order valence-corrected chi connectivity index (χ0v) is 12.8. The Bertz CT molecular complexity index is 726. The Hall–Kier alpha value is -2.74. The van der Waals surface area contributed by atoms with Crippen molar-refractivity contribution >= 4 is 11.4 Å². The van der Waals surface area contributed by atoms with Crippen molar-refractivity contribution < 1.29 is 0 Å². The monoisotopic (exact) mass is 288 g/mol. The topological polar surface area (TPSA) is 15.3 Å². The van der Waals surface area contributed by atoms with E-state index in [2.05, 4.69) is 72.8 Å². The van der Waals surface area contributed by atoms with E-state index in [-0.39, 0.29) is 6.17 Å². The molecule has 22 heavy (non-hydrogen) atoms. The van der Waals surface area contributed by atoms with Crippen LogP contribution in [0.2, 0.25) is 0 Å². The van der Waals surface area contributed by atoms with Crippen LogP contribution in [0.5, 0.6) is 0 Å². The Balaban J connectivity index is 2.10. The molecule has 1 heterocycles. The molecule has 0 saturated carbocycles. The normalized spacial score (nSPS) is 16.9. The summed E-state index contributed by atoms with van der Waals surface area (Å²) in [6.45, 7) is 9.87. The first-order valence-electron chi connectivity index (χ1n) is 7.41. The quantitative estimate of drug-likeness (QED) is 0.780. The first kappa shape index (κ1) is 14.2. The molecular formula is C20H20N2. The summed E-state index contributed by atoms with van der Waals surface area (Å²) in [5.74, 6) is 0. The average molecular weight is 288 g/mol. The van der Waals surface area contributed by atoms with Crippen LogP contribution in [0.3, 0.4) is 0 Å². The van der Waals surface area contributed by atoms with E-state index >= 15 is 0 Å². The van der Waals surface area contributed by atoms with Crippen LogP contribution in [0.4, 0.5) is 11.4 Å². The largest absolute Gasteiger partial charge is 0.359 e. The molecule has 0 saturated heterocycles. The lowest BCUT2D eigenvalue weighted by Crippen LogP contribution is -2.26. The second-order valence-electron chi connectivity index (χ2n) is 5.38. The van der Waals surface area contributed by atoms with Crippen molar-refractivity contribution in [2.75, 3.05) is 10.2 Å². The van der Waals surface area contributed by atoms with Crippen molar-refractivity contribution in [2.24, 2.45) is 0 Å². The molecule has 0 aromatic heterocycles. The molecule has 110 valence electrons. The fourth-order valence-electron chi connectivity index (χ4n) is 2.79. The Morgan fingerprint density at radius 2 is 1.82 bits per heavy atom. The van der Waals surface area contributed by atoms with Crippen LogP contribution in [0.1, 0.15) is 17.3 Å². The van der Waals surface area contributed by atoms with Gasteiger partial charge in [0.15, 0.2) is 0 Å². The van der Waals surface area contributed by atoms with E-state index in [1.165, 1.54) is 11.1 Å². The van der Waals surface area contributed by atoms with Gasteiger partial charge in [0.05, 0.1) is 11.4 Å². The number of benzene rings is 2. The van der Waals surface area contributed by atoms with E-state index < -0.39 is 0 Å². The van der Waals surface area contributed by atoms with Gasteiger partial charge in [-0.1, -0.05) is 61.2 Å². The van der Waals surface area contributed by atoms with Crippen molar-refractivity contribution in [1.82, 2.24) is 0 Å². The molecule has 1 N–H and O–H groups in total. The number of fused-ring (bicyclic) bond motifs is 1. The molecule has 0 bridgehead atoms. The minimum atomic E-state index is 0.0576. The zero-order valence-electron chi connectivity index (χ0n) is 12.8. The van der Waals surface area contributed by atoms with E-state index in [1.807, 2.05) is 18.2 Å². The average Bonchev–Trinajstić information content (AvgIpc) is 2.92. The third kappa shape index (κ3) is 2.44.